The highest BCUT2D eigenvalue weighted by molar-refractivity contribution is 5.96. The first-order chi connectivity index (χ1) is 12.5. The van der Waals surface area contributed by atoms with Gasteiger partial charge in [-0.05, 0) is 56.1 Å². The molecule has 0 radical (unpaired) electrons. The van der Waals surface area contributed by atoms with Crippen LogP contribution in [-0.2, 0) is 4.74 Å². The molecule has 2 aromatic carbocycles. The van der Waals surface area contributed by atoms with Crippen LogP contribution in [0.2, 0.25) is 0 Å². The van der Waals surface area contributed by atoms with Crippen LogP contribution in [0.15, 0.2) is 48.5 Å². The predicted octanol–water partition coefficient (Wildman–Crippen LogP) is 2.51. The second-order valence-electron chi connectivity index (χ2n) is 6.03. The molecule has 0 bridgehead atoms. The van der Waals surface area contributed by atoms with Gasteiger partial charge in [-0.3, -0.25) is 4.79 Å². The molecule has 2 aromatic rings. The van der Waals surface area contributed by atoms with Crippen LogP contribution in [0.25, 0.3) is 0 Å². The van der Waals surface area contributed by atoms with Gasteiger partial charge in [0.05, 0.1) is 25.8 Å². The molecule has 0 aliphatic rings. The molecule has 0 aliphatic carbocycles. The highest BCUT2D eigenvalue weighted by Crippen LogP contribution is 2.20. The molecule has 0 heterocycles. The summed E-state index contributed by atoms with van der Waals surface area (Å²) in [5.41, 5.74) is 1.98. The molecule has 1 N–H and O–H groups in total. The number of benzene rings is 2. The largest absolute Gasteiger partial charge is 0.497 e. The van der Waals surface area contributed by atoms with Gasteiger partial charge in [0.1, 0.15) is 5.75 Å². The topological polar surface area (TPSA) is 67.9 Å². The van der Waals surface area contributed by atoms with Crippen molar-refractivity contribution in [3.63, 3.8) is 0 Å². The van der Waals surface area contributed by atoms with E-state index in [-0.39, 0.29) is 11.9 Å². The standard InChI is InChI=1S/C20H24N2O4/c1-22(2)18(14-9-11-17(25-3)12-10-14)13-21-19(23)15-5-7-16(8-6-15)20(24)26-4/h5-12,18H,13H2,1-4H3,(H,21,23). The number of carbonyl (C=O) groups excluding carboxylic acids is 2. The van der Waals surface area contributed by atoms with Crippen LogP contribution in [-0.4, -0.2) is 51.6 Å². The number of ether oxygens (including phenoxy) is 2. The van der Waals surface area contributed by atoms with Crippen molar-refractivity contribution in [1.29, 1.82) is 0 Å². The quantitative estimate of drug-likeness (QED) is 0.772. The van der Waals surface area contributed by atoms with Gasteiger partial charge >= 0.3 is 5.97 Å². The number of nitrogens with zero attached hydrogens (tertiary/aromatic N) is 1. The third kappa shape index (κ3) is 4.83. The van der Waals surface area contributed by atoms with Gasteiger partial charge in [-0.1, -0.05) is 12.1 Å². The number of carbonyl (C=O) groups is 2. The highest BCUT2D eigenvalue weighted by atomic mass is 16.5. The SMILES string of the molecule is COC(=O)c1ccc(C(=O)NCC(c2ccc(OC)cc2)N(C)C)cc1. The van der Waals surface area contributed by atoms with Crippen LogP contribution in [0.1, 0.15) is 32.3 Å². The molecule has 1 unspecified atom stereocenters. The summed E-state index contributed by atoms with van der Waals surface area (Å²) < 4.78 is 9.84. The van der Waals surface area contributed by atoms with Crippen molar-refractivity contribution < 1.29 is 19.1 Å². The van der Waals surface area contributed by atoms with Crippen molar-refractivity contribution in [2.75, 3.05) is 34.9 Å². The summed E-state index contributed by atoms with van der Waals surface area (Å²) in [6, 6.07) is 14.2. The minimum Gasteiger partial charge on any atom is -0.497 e. The van der Waals surface area contributed by atoms with Gasteiger partial charge < -0.3 is 19.7 Å². The first-order valence-electron chi connectivity index (χ1n) is 8.23. The highest BCUT2D eigenvalue weighted by Gasteiger charge is 2.16. The average molecular weight is 356 g/mol. The van der Waals surface area contributed by atoms with Crippen molar-refractivity contribution in [3.8, 4) is 5.75 Å². The number of amides is 1. The smallest absolute Gasteiger partial charge is 0.337 e. The summed E-state index contributed by atoms with van der Waals surface area (Å²) in [7, 11) is 6.88. The van der Waals surface area contributed by atoms with Gasteiger partial charge in [-0.2, -0.15) is 0 Å². The molecule has 6 nitrogen and oxygen atoms in total. The van der Waals surface area contributed by atoms with Gasteiger partial charge in [-0.15, -0.1) is 0 Å². The van der Waals surface area contributed by atoms with Gasteiger partial charge in [0.25, 0.3) is 5.91 Å². The fourth-order valence-electron chi connectivity index (χ4n) is 2.59. The molecule has 2 rings (SSSR count). The second-order valence-corrected chi connectivity index (χ2v) is 6.03. The maximum Gasteiger partial charge on any atom is 0.337 e. The lowest BCUT2D eigenvalue weighted by molar-refractivity contribution is 0.0600. The van der Waals surface area contributed by atoms with Crippen LogP contribution in [0.4, 0.5) is 0 Å². The Morgan fingerprint density at radius 3 is 2.04 bits per heavy atom. The van der Waals surface area contributed by atoms with Gasteiger partial charge in [0, 0.05) is 12.1 Å². The third-order valence-electron chi connectivity index (χ3n) is 4.15. The molecule has 0 spiro atoms. The van der Waals surface area contributed by atoms with Crippen molar-refractivity contribution in [2.45, 2.75) is 6.04 Å². The Bertz CT molecular complexity index is 739. The van der Waals surface area contributed by atoms with E-state index in [1.165, 1.54) is 7.11 Å². The van der Waals surface area contributed by atoms with E-state index in [9.17, 15) is 9.59 Å². The molecule has 1 amide bonds. The van der Waals surface area contributed by atoms with Crippen molar-refractivity contribution in [1.82, 2.24) is 10.2 Å². The summed E-state index contributed by atoms with van der Waals surface area (Å²) in [5, 5.41) is 2.94. The number of rotatable bonds is 7. The summed E-state index contributed by atoms with van der Waals surface area (Å²) >= 11 is 0. The Kier molecular flexibility index (Phi) is 6.74. The fraction of sp³-hybridized carbons (Fsp3) is 0.300. The number of esters is 1. The van der Waals surface area contributed by atoms with Crippen LogP contribution in [0, 0.1) is 0 Å². The normalized spacial score (nSPS) is 11.7. The Labute approximate surface area is 153 Å². The molecular formula is C20H24N2O4. The Balaban J connectivity index is 2.03. The van der Waals surface area contributed by atoms with E-state index in [2.05, 4.69) is 10.1 Å². The summed E-state index contributed by atoms with van der Waals surface area (Å²) in [4.78, 5) is 25.9. The molecular weight excluding hydrogens is 332 g/mol. The third-order valence-corrected chi connectivity index (χ3v) is 4.15. The molecule has 6 heteroatoms. The average Bonchev–Trinajstić information content (AvgIpc) is 2.67. The van der Waals surface area contributed by atoms with Gasteiger partial charge in [0.2, 0.25) is 0 Å². The van der Waals surface area contributed by atoms with Crippen molar-refractivity contribution >= 4 is 11.9 Å². The van der Waals surface area contributed by atoms with Crippen LogP contribution in [0.5, 0.6) is 5.75 Å². The summed E-state index contributed by atoms with van der Waals surface area (Å²) in [6.45, 7) is 0.455. The van der Waals surface area contributed by atoms with E-state index in [1.54, 1.807) is 31.4 Å². The zero-order chi connectivity index (χ0) is 19.1. The molecule has 0 saturated carbocycles. The minimum absolute atomic E-state index is 0.0270. The number of hydrogen-bond acceptors (Lipinski definition) is 5. The molecule has 138 valence electrons. The number of hydrogen-bond donors (Lipinski definition) is 1. The zero-order valence-corrected chi connectivity index (χ0v) is 15.5. The molecule has 0 fully saturated rings. The van der Waals surface area contributed by atoms with E-state index in [0.717, 1.165) is 11.3 Å². The predicted molar refractivity (Wildman–Crippen MR) is 99.5 cm³/mol. The lowest BCUT2D eigenvalue weighted by Gasteiger charge is -2.25. The van der Waals surface area contributed by atoms with Crippen molar-refractivity contribution in [2.24, 2.45) is 0 Å². The lowest BCUT2D eigenvalue weighted by atomic mass is 10.1. The zero-order valence-electron chi connectivity index (χ0n) is 15.5. The molecule has 1 atom stereocenters. The Hall–Kier alpha value is -2.86. The summed E-state index contributed by atoms with van der Waals surface area (Å²) in [5.74, 6) is 0.173. The van der Waals surface area contributed by atoms with E-state index in [4.69, 9.17) is 4.74 Å². The minimum atomic E-state index is -0.427. The summed E-state index contributed by atoms with van der Waals surface area (Å²) in [6.07, 6.45) is 0. The fourth-order valence-corrected chi connectivity index (χ4v) is 2.59. The second kappa shape index (κ2) is 9.01. The van der Waals surface area contributed by atoms with E-state index < -0.39 is 5.97 Å². The van der Waals surface area contributed by atoms with Crippen LogP contribution < -0.4 is 10.1 Å². The lowest BCUT2D eigenvalue weighted by Crippen LogP contribution is -2.34. The number of methoxy groups -OCH3 is 2. The maximum absolute atomic E-state index is 12.4. The first-order valence-corrected chi connectivity index (χ1v) is 8.23. The van der Waals surface area contributed by atoms with Gasteiger partial charge in [-0.25, -0.2) is 4.79 Å². The number of nitrogens with one attached hydrogen (secondary N) is 1. The first kappa shape index (κ1) is 19.5. The van der Waals surface area contributed by atoms with E-state index >= 15 is 0 Å². The molecule has 0 aliphatic heterocycles. The van der Waals surface area contributed by atoms with Gasteiger partial charge in [0.15, 0.2) is 0 Å². The number of likely N-dealkylation sites (N-methyl/N-ethyl adjacent to an activating group) is 1. The van der Waals surface area contributed by atoms with Crippen LogP contribution in [0.3, 0.4) is 0 Å². The molecule has 26 heavy (non-hydrogen) atoms. The van der Waals surface area contributed by atoms with E-state index in [1.807, 2.05) is 43.3 Å². The maximum atomic E-state index is 12.4. The monoisotopic (exact) mass is 356 g/mol. The van der Waals surface area contributed by atoms with E-state index in [0.29, 0.717) is 17.7 Å². The van der Waals surface area contributed by atoms with Crippen LogP contribution >= 0.6 is 0 Å². The Morgan fingerprint density at radius 1 is 0.962 bits per heavy atom. The van der Waals surface area contributed by atoms with Crippen molar-refractivity contribution in [3.05, 3.63) is 65.2 Å². The molecule has 0 aromatic heterocycles. The molecule has 0 saturated heterocycles. The Morgan fingerprint density at radius 2 is 1.54 bits per heavy atom.